The molecule has 1 spiro atoms. The summed E-state index contributed by atoms with van der Waals surface area (Å²) in [6.45, 7) is 14.6. The number of likely N-dealkylation sites (tertiary alicyclic amines) is 1. The van der Waals surface area contributed by atoms with E-state index in [0.29, 0.717) is 13.0 Å². The lowest BCUT2D eigenvalue weighted by Gasteiger charge is -2.48. The van der Waals surface area contributed by atoms with Gasteiger partial charge in [-0.3, -0.25) is 4.79 Å². The first-order valence-corrected chi connectivity index (χ1v) is 8.23. The second-order valence-electron chi connectivity index (χ2n) is 4.30. The third kappa shape index (κ3) is 5.80. The first-order chi connectivity index (χ1) is 9.64. The van der Waals surface area contributed by atoms with Crippen LogP contribution >= 0.6 is 0 Å². The highest BCUT2D eigenvalue weighted by atomic mass is 16.5. The van der Waals surface area contributed by atoms with Crippen molar-refractivity contribution in [1.29, 1.82) is 0 Å². The maximum atomic E-state index is 11.6. The molecule has 0 aromatic carbocycles. The lowest BCUT2D eigenvalue weighted by molar-refractivity contribution is -0.204. The van der Waals surface area contributed by atoms with E-state index in [1.54, 1.807) is 0 Å². The summed E-state index contributed by atoms with van der Waals surface area (Å²) in [4.78, 5) is 15.7. The van der Waals surface area contributed by atoms with Crippen molar-refractivity contribution in [2.75, 3.05) is 33.8 Å². The Morgan fingerprint density at radius 1 is 0.950 bits per heavy atom. The lowest BCUT2D eigenvalue weighted by Crippen LogP contribution is -2.59. The second kappa shape index (κ2) is 12.2. The van der Waals surface area contributed by atoms with Gasteiger partial charge in [0.05, 0.1) is 13.0 Å². The van der Waals surface area contributed by atoms with Gasteiger partial charge in [0, 0.05) is 33.0 Å². The fraction of sp³-hybridized carbons (Fsp3) is 0.938. The summed E-state index contributed by atoms with van der Waals surface area (Å²) in [7, 11) is 3.98. The molecule has 0 aromatic heterocycles. The van der Waals surface area contributed by atoms with Gasteiger partial charge in [0.15, 0.2) is 0 Å². The zero-order valence-electron chi connectivity index (χ0n) is 15.0. The highest BCUT2D eigenvalue weighted by molar-refractivity contribution is 5.77. The summed E-state index contributed by atoms with van der Waals surface area (Å²) in [6, 6.07) is 0. The number of piperidine rings is 1. The van der Waals surface area contributed by atoms with Gasteiger partial charge in [0.2, 0.25) is 5.91 Å². The van der Waals surface area contributed by atoms with Crippen LogP contribution in [0.3, 0.4) is 0 Å². The van der Waals surface area contributed by atoms with Crippen molar-refractivity contribution < 1.29 is 9.53 Å². The highest BCUT2D eigenvalue weighted by Crippen LogP contribution is 2.32. The van der Waals surface area contributed by atoms with E-state index in [2.05, 4.69) is 11.9 Å². The monoisotopic (exact) mass is 288 g/mol. The van der Waals surface area contributed by atoms with Crippen molar-refractivity contribution >= 4 is 5.91 Å². The van der Waals surface area contributed by atoms with Gasteiger partial charge in [-0.1, -0.05) is 41.5 Å². The van der Waals surface area contributed by atoms with Gasteiger partial charge in [-0.15, -0.1) is 0 Å². The predicted octanol–water partition coefficient (Wildman–Crippen LogP) is 3.37. The lowest BCUT2D eigenvalue weighted by atomic mass is 9.97. The van der Waals surface area contributed by atoms with E-state index in [1.807, 2.05) is 53.5 Å². The van der Waals surface area contributed by atoms with Crippen LogP contribution in [-0.2, 0) is 9.53 Å². The minimum Gasteiger partial charge on any atom is -0.355 e. The van der Waals surface area contributed by atoms with Crippen LogP contribution in [0.25, 0.3) is 0 Å². The summed E-state index contributed by atoms with van der Waals surface area (Å²) in [5.41, 5.74) is -0.290. The van der Waals surface area contributed by atoms with Crippen LogP contribution < -0.4 is 0 Å². The van der Waals surface area contributed by atoms with Crippen LogP contribution in [-0.4, -0.2) is 55.2 Å². The number of carbonyl (C=O) groups is 1. The number of ether oxygens (including phenoxy) is 1. The van der Waals surface area contributed by atoms with Crippen molar-refractivity contribution in [3.05, 3.63) is 0 Å². The van der Waals surface area contributed by atoms with Gasteiger partial charge in [-0.2, -0.15) is 0 Å². The zero-order valence-corrected chi connectivity index (χ0v) is 15.0. The van der Waals surface area contributed by atoms with Gasteiger partial charge >= 0.3 is 0 Å². The Hall–Kier alpha value is -0.610. The van der Waals surface area contributed by atoms with Gasteiger partial charge in [-0.05, 0) is 7.05 Å². The Kier molecular flexibility index (Phi) is 13.2. The molecule has 0 N–H and O–H groups in total. The van der Waals surface area contributed by atoms with Crippen LogP contribution in [0.5, 0.6) is 0 Å². The number of hydrogen-bond acceptors (Lipinski definition) is 3. The number of hydrogen-bond donors (Lipinski definition) is 0. The van der Waals surface area contributed by atoms with E-state index in [1.165, 1.54) is 0 Å². The third-order valence-corrected chi connectivity index (χ3v) is 3.44. The molecule has 2 aliphatic rings. The molecule has 0 saturated carbocycles. The molecule has 0 aromatic rings. The molecule has 2 saturated heterocycles. The molecule has 0 atom stereocenters. The summed E-state index contributed by atoms with van der Waals surface area (Å²) in [6.07, 6.45) is 2.41. The second-order valence-corrected chi connectivity index (χ2v) is 4.30. The van der Waals surface area contributed by atoms with Crippen molar-refractivity contribution in [3.63, 3.8) is 0 Å². The van der Waals surface area contributed by atoms with Crippen LogP contribution in [0.15, 0.2) is 0 Å². The Balaban J connectivity index is 0. The molecule has 0 bridgehead atoms. The molecular weight excluding hydrogens is 252 g/mol. The quantitative estimate of drug-likeness (QED) is 0.685. The van der Waals surface area contributed by atoms with E-state index in [-0.39, 0.29) is 11.6 Å². The van der Waals surface area contributed by atoms with Crippen LogP contribution in [0.4, 0.5) is 0 Å². The minimum atomic E-state index is -0.290. The summed E-state index contributed by atoms with van der Waals surface area (Å²) >= 11 is 0. The number of rotatable bonds is 0. The first kappa shape index (κ1) is 21.7. The maximum Gasteiger partial charge on any atom is 0.226 e. The molecule has 0 unspecified atom stereocenters. The Labute approximate surface area is 126 Å². The SMILES string of the molecule is CC.CC.CC.CN1CCC2(CC1)OCCC(=O)N2C. The topological polar surface area (TPSA) is 32.8 Å². The van der Waals surface area contributed by atoms with Crippen LogP contribution in [0.2, 0.25) is 0 Å². The van der Waals surface area contributed by atoms with E-state index in [0.717, 1.165) is 25.9 Å². The minimum absolute atomic E-state index is 0.223. The van der Waals surface area contributed by atoms with E-state index in [9.17, 15) is 4.79 Å². The molecule has 1 amide bonds. The van der Waals surface area contributed by atoms with Crippen molar-refractivity contribution in [2.24, 2.45) is 0 Å². The van der Waals surface area contributed by atoms with Crippen molar-refractivity contribution in [1.82, 2.24) is 9.80 Å². The Morgan fingerprint density at radius 2 is 1.40 bits per heavy atom. The van der Waals surface area contributed by atoms with Gasteiger partial charge in [-0.25, -0.2) is 0 Å². The zero-order chi connectivity index (χ0) is 16.2. The fourth-order valence-electron chi connectivity index (χ4n) is 2.27. The molecule has 2 heterocycles. The smallest absolute Gasteiger partial charge is 0.226 e. The molecule has 20 heavy (non-hydrogen) atoms. The number of amides is 1. The predicted molar refractivity (Wildman–Crippen MR) is 86.8 cm³/mol. The standard InChI is InChI=1S/C10H18N2O2.3C2H6/c1-11-6-4-10(5-7-11)12(2)9(13)3-8-14-10;3*1-2/h3-8H2,1-2H3;3*1-2H3. The summed E-state index contributed by atoms with van der Waals surface area (Å²) in [5, 5.41) is 0. The highest BCUT2D eigenvalue weighted by Gasteiger charge is 2.43. The van der Waals surface area contributed by atoms with Crippen molar-refractivity contribution in [3.8, 4) is 0 Å². The molecule has 4 heteroatoms. The molecule has 122 valence electrons. The Bertz CT molecular complexity index is 237. The Morgan fingerprint density at radius 3 is 1.85 bits per heavy atom. The number of nitrogens with zero attached hydrogens (tertiary/aromatic N) is 2. The molecule has 0 aliphatic carbocycles. The average Bonchev–Trinajstić information content (AvgIpc) is 2.53. The molecule has 0 radical (unpaired) electrons. The molecule has 2 aliphatic heterocycles. The molecular formula is C16H36N2O2. The summed E-state index contributed by atoms with van der Waals surface area (Å²) in [5.74, 6) is 0.223. The number of carbonyl (C=O) groups excluding carboxylic acids is 1. The van der Waals surface area contributed by atoms with Crippen LogP contribution in [0, 0.1) is 0 Å². The summed E-state index contributed by atoms with van der Waals surface area (Å²) < 4.78 is 5.82. The molecule has 4 nitrogen and oxygen atoms in total. The van der Waals surface area contributed by atoms with Gasteiger partial charge in [0.1, 0.15) is 5.72 Å². The molecule has 2 rings (SSSR count). The largest absolute Gasteiger partial charge is 0.355 e. The third-order valence-electron chi connectivity index (χ3n) is 3.44. The normalized spacial score (nSPS) is 20.8. The van der Waals surface area contributed by atoms with E-state index in [4.69, 9.17) is 4.74 Å². The van der Waals surface area contributed by atoms with Gasteiger partial charge in [0.25, 0.3) is 0 Å². The fourth-order valence-corrected chi connectivity index (χ4v) is 2.27. The van der Waals surface area contributed by atoms with Gasteiger partial charge < -0.3 is 14.5 Å². The maximum absolute atomic E-state index is 11.6. The van der Waals surface area contributed by atoms with Crippen molar-refractivity contribution in [2.45, 2.75) is 66.5 Å². The van der Waals surface area contributed by atoms with Crippen LogP contribution in [0.1, 0.15) is 60.8 Å². The average molecular weight is 288 g/mol. The van der Waals surface area contributed by atoms with E-state index >= 15 is 0 Å². The first-order valence-electron chi connectivity index (χ1n) is 8.23. The van der Waals surface area contributed by atoms with E-state index < -0.39 is 0 Å². The molecule has 2 fully saturated rings.